The second-order valence-corrected chi connectivity index (χ2v) is 8.10. The Bertz CT molecular complexity index is 683. The highest BCUT2D eigenvalue weighted by atomic mass is 32.1. The maximum absolute atomic E-state index is 4.47. The van der Waals surface area contributed by atoms with E-state index in [4.69, 9.17) is 0 Å². The van der Waals surface area contributed by atoms with Gasteiger partial charge in [0, 0.05) is 45.1 Å². The van der Waals surface area contributed by atoms with Gasteiger partial charge in [0.2, 0.25) is 0 Å². The van der Waals surface area contributed by atoms with Crippen molar-refractivity contribution in [1.82, 2.24) is 20.2 Å². The molecule has 26 heavy (non-hydrogen) atoms. The average Bonchev–Trinajstić information content (AvgIpc) is 3.31. The van der Waals surface area contributed by atoms with Crippen LogP contribution in [-0.4, -0.2) is 41.7 Å². The monoisotopic (exact) mass is 374 g/mol. The van der Waals surface area contributed by atoms with Crippen molar-refractivity contribution in [1.29, 1.82) is 0 Å². The summed E-state index contributed by atoms with van der Waals surface area (Å²) in [5, 5.41) is 10.5. The predicted octanol–water partition coefficient (Wildman–Crippen LogP) is 2.93. The summed E-state index contributed by atoms with van der Waals surface area (Å²) in [5.41, 5.74) is 0. The van der Waals surface area contributed by atoms with E-state index in [1.165, 1.54) is 5.00 Å². The van der Waals surface area contributed by atoms with Gasteiger partial charge in [0.1, 0.15) is 5.82 Å². The first-order valence-corrected chi connectivity index (χ1v) is 10.3. The van der Waals surface area contributed by atoms with Gasteiger partial charge in [0.05, 0.1) is 11.5 Å². The molecule has 0 atom stereocenters. The van der Waals surface area contributed by atoms with E-state index >= 15 is 0 Å². The van der Waals surface area contributed by atoms with Crippen LogP contribution in [0, 0.1) is 5.92 Å². The molecule has 2 aromatic rings. The molecule has 2 N–H and O–H groups in total. The molecule has 0 unspecified atom stereocenters. The Morgan fingerprint density at radius 1 is 1.38 bits per heavy atom. The minimum Gasteiger partial charge on any atom is -0.363 e. The zero-order chi connectivity index (χ0) is 18.4. The van der Waals surface area contributed by atoms with Gasteiger partial charge in [-0.1, -0.05) is 13.8 Å². The summed E-state index contributed by atoms with van der Waals surface area (Å²) < 4.78 is 2.21. The van der Waals surface area contributed by atoms with Crippen molar-refractivity contribution >= 4 is 22.3 Å². The molecule has 1 aliphatic heterocycles. The minimum atomic E-state index is 0.466. The molecule has 0 radical (unpaired) electrons. The number of guanidine groups is 1. The lowest BCUT2D eigenvalue weighted by atomic mass is 10.1. The second-order valence-electron chi connectivity index (χ2n) is 7.17. The summed E-state index contributed by atoms with van der Waals surface area (Å²) >= 11 is 1.82. The SMILES string of the molecule is CN=C(NCc1nccn1CC(C)C)NC1CCN(c2cccs2)CC1. The van der Waals surface area contributed by atoms with Gasteiger partial charge in [0.15, 0.2) is 5.96 Å². The summed E-state index contributed by atoms with van der Waals surface area (Å²) in [6, 6.07) is 4.80. The van der Waals surface area contributed by atoms with Crippen molar-refractivity contribution in [3.8, 4) is 0 Å². The smallest absolute Gasteiger partial charge is 0.191 e. The Morgan fingerprint density at radius 3 is 2.85 bits per heavy atom. The van der Waals surface area contributed by atoms with Crippen LogP contribution in [0.1, 0.15) is 32.5 Å². The Kier molecular flexibility index (Phi) is 6.55. The maximum Gasteiger partial charge on any atom is 0.191 e. The molecule has 2 aromatic heterocycles. The van der Waals surface area contributed by atoms with Crippen molar-refractivity contribution in [2.24, 2.45) is 10.9 Å². The van der Waals surface area contributed by atoms with Crippen molar-refractivity contribution < 1.29 is 0 Å². The number of aliphatic imine (C=N–C) groups is 1. The normalized spacial score (nSPS) is 16.3. The van der Waals surface area contributed by atoms with Crippen LogP contribution in [-0.2, 0) is 13.1 Å². The summed E-state index contributed by atoms with van der Waals surface area (Å²) in [7, 11) is 1.83. The third-order valence-corrected chi connectivity index (χ3v) is 5.58. The topological polar surface area (TPSA) is 57.5 Å². The van der Waals surface area contributed by atoms with Gasteiger partial charge in [-0.05, 0) is 36.3 Å². The van der Waals surface area contributed by atoms with Gasteiger partial charge in [-0.25, -0.2) is 4.98 Å². The first-order valence-electron chi connectivity index (χ1n) is 9.41. The molecule has 0 amide bonds. The number of hydrogen-bond donors (Lipinski definition) is 2. The molecular formula is C19H30N6S. The summed E-state index contributed by atoms with van der Waals surface area (Å²) in [4.78, 5) is 11.3. The van der Waals surface area contributed by atoms with E-state index in [0.29, 0.717) is 18.5 Å². The summed E-state index contributed by atoms with van der Waals surface area (Å²) in [5.74, 6) is 2.52. The van der Waals surface area contributed by atoms with E-state index in [9.17, 15) is 0 Å². The number of rotatable bonds is 6. The standard InChI is InChI=1S/C19H30N6S/c1-15(2)14-25-11-8-21-17(25)13-22-19(20-3)23-16-6-9-24(10-7-16)18-5-4-12-26-18/h4-5,8,11-12,15-16H,6-7,9-10,13-14H2,1-3H3,(H2,20,22,23). The number of aromatic nitrogens is 2. The Labute approximate surface area is 160 Å². The number of hydrogen-bond acceptors (Lipinski definition) is 4. The van der Waals surface area contributed by atoms with Gasteiger partial charge >= 0.3 is 0 Å². The lowest BCUT2D eigenvalue weighted by Gasteiger charge is -2.33. The van der Waals surface area contributed by atoms with Gasteiger partial charge < -0.3 is 20.1 Å². The molecule has 0 saturated carbocycles. The van der Waals surface area contributed by atoms with Gasteiger partial charge in [-0.2, -0.15) is 0 Å². The van der Waals surface area contributed by atoms with Crippen LogP contribution in [0.4, 0.5) is 5.00 Å². The van der Waals surface area contributed by atoms with Crippen LogP contribution >= 0.6 is 11.3 Å². The van der Waals surface area contributed by atoms with Gasteiger partial charge in [0.25, 0.3) is 0 Å². The zero-order valence-corrected chi connectivity index (χ0v) is 16.8. The van der Waals surface area contributed by atoms with E-state index in [1.807, 2.05) is 30.8 Å². The number of piperidine rings is 1. The van der Waals surface area contributed by atoms with Crippen molar-refractivity contribution in [3.05, 3.63) is 35.7 Å². The molecule has 1 fully saturated rings. The molecule has 3 rings (SSSR count). The van der Waals surface area contributed by atoms with E-state index < -0.39 is 0 Å². The molecule has 1 saturated heterocycles. The molecule has 0 aromatic carbocycles. The molecule has 0 bridgehead atoms. The van der Waals surface area contributed by atoms with Crippen LogP contribution < -0.4 is 15.5 Å². The van der Waals surface area contributed by atoms with Crippen molar-refractivity contribution in [2.45, 2.75) is 45.8 Å². The number of imidazole rings is 1. The van der Waals surface area contributed by atoms with Crippen molar-refractivity contribution in [2.75, 3.05) is 25.0 Å². The molecule has 7 heteroatoms. The van der Waals surface area contributed by atoms with Crippen LogP contribution in [0.3, 0.4) is 0 Å². The first-order chi connectivity index (χ1) is 12.7. The fourth-order valence-corrected chi connectivity index (χ4v) is 4.10. The van der Waals surface area contributed by atoms with Crippen LogP contribution in [0.2, 0.25) is 0 Å². The van der Waals surface area contributed by atoms with Crippen LogP contribution in [0.15, 0.2) is 34.9 Å². The van der Waals surface area contributed by atoms with Crippen LogP contribution in [0.5, 0.6) is 0 Å². The predicted molar refractivity (Wildman–Crippen MR) is 110 cm³/mol. The van der Waals surface area contributed by atoms with E-state index in [0.717, 1.165) is 44.3 Å². The van der Waals surface area contributed by atoms with Crippen molar-refractivity contribution in [3.63, 3.8) is 0 Å². The van der Waals surface area contributed by atoms with E-state index in [2.05, 4.69) is 61.4 Å². The third kappa shape index (κ3) is 5.00. The first kappa shape index (κ1) is 18.8. The van der Waals surface area contributed by atoms with E-state index in [1.54, 1.807) is 0 Å². The highest BCUT2D eigenvalue weighted by molar-refractivity contribution is 7.14. The van der Waals surface area contributed by atoms with Crippen LogP contribution in [0.25, 0.3) is 0 Å². The molecule has 0 aliphatic carbocycles. The molecule has 6 nitrogen and oxygen atoms in total. The molecule has 1 aliphatic rings. The molecular weight excluding hydrogens is 344 g/mol. The highest BCUT2D eigenvalue weighted by Gasteiger charge is 2.20. The molecule has 0 spiro atoms. The van der Waals surface area contributed by atoms with Gasteiger partial charge in [-0.3, -0.25) is 4.99 Å². The van der Waals surface area contributed by atoms with Gasteiger partial charge in [-0.15, -0.1) is 11.3 Å². The lowest BCUT2D eigenvalue weighted by molar-refractivity contribution is 0.461. The fraction of sp³-hybridized carbons (Fsp3) is 0.579. The lowest BCUT2D eigenvalue weighted by Crippen LogP contribution is -2.48. The third-order valence-electron chi connectivity index (χ3n) is 4.65. The summed E-state index contributed by atoms with van der Waals surface area (Å²) in [6.07, 6.45) is 6.17. The molecule has 3 heterocycles. The second kappa shape index (κ2) is 9.07. The maximum atomic E-state index is 4.47. The highest BCUT2D eigenvalue weighted by Crippen LogP contribution is 2.24. The number of nitrogens with zero attached hydrogens (tertiary/aromatic N) is 4. The quantitative estimate of drug-likeness (QED) is 0.603. The minimum absolute atomic E-state index is 0.466. The summed E-state index contributed by atoms with van der Waals surface area (Å²) in [6.45, 7) is 8.31. The number of anilines is 1. The Morgan fingerprint density at radius 2 is 2.19 bits per heavy atom. The number of nitrogens with one attached hydrogen (secondary N) is 2. The molecule has 142 valence electrons. The Hall–Kier alpha value is -2.02. The average molecular weight is 375 g/mol. The Balaban J connectivity index is 1.46. The fourth-order valence-electron chi connectivity index (χ4n) is 3.31. The number of thiophene rings is 1. The largest absolute Gasteiger partial charge is 0.363 e. The zero-order valence-electron chi connectivity index (χ0n) is 16.0. The van der Waals surface area contributed by atoms with E-state index in [-0.39, 0.29) is 0 Å².